The minimum atomic E-state index is -0.334. The van der Waals surface area contributed by atoms with Crippen LogP contribution in [0.5, 0.6) is 0 Å². The first-order valence-corrected chi connectivity index (χ1v) is 11.4. The maximum absolute atomic E-state index is 6.34. The van der Waals surface area contributed by atoms with Gasteiger partial charge in [0.1, 0.15) is 0 Å². The van der Waals surface area contributed by atoms with Crippen molar-refractivity contribution in [3.05, 3.63) is 102 Å². The summed E-state index contributed by atoms with van der Waals surface area (Å²) in [7, 11) is 0. The normalized spacial score (nSPS) is 21.6. The molecular formula is C24H24O3Se. The molecule has 0 N–H and O–H groups in total. The molecule has 1 saturated heterocycles. The summed E-state index contributed by atoms with van der Waals surface area (Å²) in [4.78, 5) is 0.333. The van der Waals surface area contributed by atoms with Crippen LogP contribution >= 0.6 is 0 Å². The van der Waals surface area contributed by atoms with Crippen molar-refractivity contribution in [1.82, 2.24) is 0 Å². The molecule has 0 saturated carbocycles. The molecule has 0 amide bonds. The molecule has 3 aromatic rings. The summed E-state index contributed by atoms with van der Waals surface area (Å²) in [6.45, 7) is 1.77. The monoisotopic (exact) mass is 440 g/mol. The van der Waals surface area contributed by atoms with Crippen molar-refractivity contribution in [2.75, 3.05) is 6.61 Å². The molecule has 0 bridgehead atoms. The van der Waals surface area contributed by atoms with Crippen molar-refractivity contribution < 1.29 is 14.2 Å². The van der Waals surface area contributed by atoms with E-state index in [-0.39, 0.29) is 27.4 Å². The van der Waals surface area contributed by atoms with Crippen molar-refractivity contribution in [1.29, 1.82) is 0 Å². The first-order chi connectivity index (χ1) is 13.9. The van der Waals surface area contributed by atoms with E-state index in [2.05, 4.69) is 54.6 Å². The molecule has 144 valence electrons. The second-order valence-electron chi connectivity index (χ2n) is 6.73. The number of hydrogen-bond donors (Lipinski definition) is 0. The Kier molecular flexibility index (Phi) is 6.93. The molecule has 28 heavy (non-hydrogen) atoms. The predicted octanol–water partition coefficient (Wildman–Crippen LogP) is 3.96. The molecule has 0 aromatic heterocycles. The van der Waals surface area contributed by atoms with Gasteiger partial charge in [-0.1, -0.05) is 0 Å². The molecule has 0 aliphatic carbocycles. The molecule has 0 radical (unpaired) electrons. The molecule has 4 rings (SSSR count). The predicted molar refractivity (Wildman–Crippen MR) is 112 cm³/mol. The Bertz CT molecular complexity index is 826. The van der Waals surface area contributed by atoms with E-state index in [1.807, 2.05) is 36.4 Å². The van der Waals surface area contributed by atoms with Crippen LogP contribution in [0.4, 0.5) is 0 Å². The number of hydrogen-bond acceptors (Lipinski definition) is 3. The van der Waals surface area contributed by atoms with Gasteiger partial charge in [-0.05, 0) is 0 Å². The van der Waals surface area contributed by atoms with E-state index in [4.69, 9.17) is 14.2 Å². The summed E-state index contributed by atoms with van der Waals surface area (Å²) in [5, 5.41) is 0. The van der Waals surface area contributed by atoms with Crippen molar-refractivity contribution in [2.45, 2.75) is 30.4 Å². The van der Waals surface area contributed by atoms with Crippen LogP contribution in [0.3, 0.4) is 0 Å². The topological polar surface area (TPSA) is 27.7 Å². The Balaban J connectivity index is 1.43. The molecule has 0 unspecified atom stereocenters. The third-order valence-electron chi connectivity index (χ3n) is 4.63. The second kappa shape index (κ2) is 10.0. The van der Waals surface area contributed by atoms with Gasteiger partial charge in [0.05, 0.1) is 0 Å². The van der Waals surface area contributed by atoms with Crippen molar-refractivity contribution in [2.24, 2.45) is 0 Å². The Labute approximate surface area is 172 Å². The van der Waals surface area contributed by atoms with E-state index < -0.39 is 0 Å². The number of benzene rings is 3. The first-order valence-electron chi connectivity index (χ1n) is 9.53. The molecule has 3 aromatic carbocycles. The van der Waals surface area contributed by atoms with Crippen LogP contribution < -0.4 is 4.46 Å². The fraction of sp³-hybridized carbons (Fsp3) is 0.250. The Morgan fingerprint density at radius 1 is 0.714 bits per heavy atom. The van der Waals surface area contributed by atoms with Crippen LogP contribution in [0.1, 0.15) is 11.1 Å². The van der Waals surface area contributed by atoms with Gasteiger partial charge >= 0.3 is 173 Å². The summed E-state index contributed by atoms with van der Waals surface area (Å²) in [5.74, 6) is 0. The third kappa shape index (κ3) is 5.32. The summed E-state index contributed by atoms with van der Waals surface area (Å²) in [6.07, 6.45) is -0.399. The molecule has 0 spiro atoms. The Morgan fingerprint density at radius 3 is 1.86 bits per heavy atom. The summed E-state index contributed by atoms with van der Waals surface area (Å²) < 4.78 is 19.9. The maximum atomic E-state index is 6.34. The SMILES string of the molecule is c1ccc(CO[C@H]2OC[C@H]([Se]c3ccccc3)[C@H]2OCc2ccccc2)cc1. The molecule has 1 fully saturated rings. The van der Waals surface area contributed by atoms with Gasteiger partial charge in [-0.2, -0.15) is 0 Å². The zero-order valence-corrected chi connectivity index (χ0v) is 17.4. The third-order valence-corrected chi connectivity index (χ3v) is 7.26. The standard InChI is InChI=1S/C24H24O3Se/c1-4-10-19(11-5-1)16-25-23-22(28-21-14-8-3-9-15-21)18-27-24(23)26-17-20-12-6-2-7-13-20/h1-15,22-24H,16-18H2/t22-,23+,24-/m0/s1. The fourth-order valence-electron chi connectivity index (χ4n) is 3.18. The molecule has 3 nitrogen and oxygen atoms in total. The van der Waals surface area contributed by atoms with E-state index in [9.17, 15) is 0 Å². The van der Waals surface area contributed by atoms with Crippen LogP contribution in [0.2, 0.25) is 4.82 Å². The van der Waals surface area contributed by atoms with Crippen LogP contribution in [0.15, 0.2) is 91.0 Å². The van der Waals surface area contributed by atoms with Gasteiger partial charge in [-0.25, -0.2) is 0 Å². The average molecular weight is 439 g/mol. The van der Waals surface area contributed by atoms with E-state index in [0.29, 0.717) is 24.6 Å². The van der Waals surface area contributed by atoms with Crippen LogP contribution in [0, 0.1) is 0 Å². The molecule has 1 aliphatic heterocycles. The van der Waals surface area contributed by atoms with Crippen LogP contribution in [-0.4, -0.2) is 34.0 Å². The van der Waals surface area contributed by atoms with Crippen molar-refractivity contribution >= 4 is 19.4 Å². The molecule has 1 heterocycles. The van der Waals surface area contributed by atoms with E-state index in [1.54, 1.807) is 0 Å². The Morgan fingerprint density at radius 2 is 1.25 bits per heavy atom. The molecule has 4 heteroatoms. The molecule has 3 atom stereocenters. The average Bonchev–Trinajstić information content (AvgIpc) is 3.14. The van der Waals surface area contributed by atoms with Gasteiger partial charge in [0.25, 0.3) is 0 Å². The van der Waals surface area contributed by atoms with Gasteiger partial charge in [-0.15, -0.1) is 0 Å². The Hall–Kier alpha value is -1.94. The van der Waals surface area contributed by atoms with Gasteiger partial charge in [0, 0.05) is 0 Å². The van der Waals surface area contributed by atoms with Crippen molar-refractivity contribution in [3.8, 4) is 0 Å². The van der Waals surface area contributed by atoms with Crippen LogP contribution in [0.25, 0.3) is 0 Å². The number of rotatable bonds is 8. The summed E-state index contributed by atoms with van der Waals surface area (Å²) in [5.41, 5.74) is 2.31. The minimum absolute atomic E-state index is 0.0656. The summed E-state index contributed by atoms with van der Waals surface area (Å²) in [6, 6.07) is 31.1. The molecular weight excluding hydrogens is 415 g/mol. The zero-order valence-electron chi connectivity index (χ0n) is 15.6. The summed E-state index contributed by atoms with van der Waals surface area (Å²) >= 11 is 0.271. The second-order valence-corrected chi connectivity index (χ2v) is 9.48. The fourth-order valence-corrected chi connectivity index (χ4v) is 5.59. The van der Waals surface area contributed by atoms with E-state index >= 15 is 0 Å². The van der Waals surface area contributed by atoms with Gasteiger partial charge in [-0.3, -0.25) is 0 Å². The first kappa shape index (κ1) is 19.4. The van der Waals surface area contributed by atoms with Crippen molar-refractivity contribution in [3.63, 3.8) is 0 Å². The van der Waals surface area contributed by atoms with Gasteiger partial charge in [0.2, 0.25) is 0 Å². The van der Waals surface area contributed by atoms with E-state index in [0.717, 1.165) is 5.56 Å². The van der Waals surface area contributed by atoms with Gasteiger partial charge in [0.15, 0.2) is 0 Å². The van der Waals surface area contributed by atoms with Gasteiger partial charge < -0.3 is 0 Å². The molecule has 1 aliphatic rings. The zero-order chi connectivity index (χ0) is 19.0. The quantitative estimate of drug-likeness (QED) is 0.498. The van der Waals surface area contributed by atoms with Crippen LogP contribution in [-0.2, 0) is 27.4 Å². The van der Waals surface area contributed by atoms with E-state index in [1.165, 1.54) is 10.0 Å². The number of ether oxygens (including phenoxy) is 3.